The summed E-state index contributed by atoms with van der Waals surface area (Å²) in [5.41, 5.74) is 0. The number of carbonyl (C=O) groups excluding carboxylic acids is 1. The monoisotopic (exact) mass is 217 g/mol. The van der Waals surface area contributed by atoms with E-state index in [2.05, 4.69) is 10.1 Å². The molecule has 0 aromatic heterocycles. The van der Waals surface area contributed by atoms with E-state index < -0.39 is 24.2 Å². The van der Waals surface area contributed by atoms with E-state index in [0.29, 0.717) is 13.0 Å². The summed E-state index contributed by atoms with van der Waals surface area (Å²) in [7, 11) is 1.19. The van der Waals surface area contributed by atoms with Crippen LogP contribution in [0.3, 0.4) is 0 Å². The topological polar surface area (TPSA) is 84.9 Å². The van der Waals surface area contributed by atoms with Gasteiger partial charge < -0.3 is 19.9 Å². The van der Waals surface area contributed by atoms with Crippen molar-refractivity contribution in [1.29, 1.82) is 0 Å². The zero-order chi connectivity index (χ0) is 11.3. The Hall–Kier alpha value is -1.30. The lowest BCUT2D eigenvalue weighted by atomic mass is 10.0. The summed E-state index contributed by atoms with van der Waals surface area (Å²) < 4.78 is 9.65. The Morgan fingerprint density at radius 2 is 2.27 bits per heavy atom. The summed E-state index contributed by atoms with van der Waals surface area (Å²) >= 11 is 0. The maximum Gasteiger partial charge on any atom is 0.407 e. The zero-order valence-corrected chi connectivity index (χ0v) is 8.56. The highest BCUT2D eigenvalue weighted by Gasteiger charge is 2.31. The molecule has 15 heavy (non-hydrogen) atoms. The molecule has 1 aliphatic rings. The van der Waals surface area contributed by atoms with Crippen molar-refractivity contribution in [2.45, 2.75) is 31.4 Å². The lowest BCUT2D eigenvalue weighted by Gasteiger charge is -2.27. The van der Waals surface area contributed by atoms with E-state index in [1.165, 1.54) is 7.11 Å². The number of carboxylic acid groups (broad SMARTS) is 1. The summed E-state index contributed by atoms with van der Waals surface area (Å²) in [4.78, 5) is 21.8. The number of carbonyl (C=O) groups is 2. The molecule has 1 aliphatic heterocycles. The fraction of sp³-hybridized carbons (Fsp3) is 0.778. The number of amides is 1. The van der Waals surface area contributed by atoms with Gasteiger partial charge in [0, 0.05) is 6.61 Å². The summed E-state index contributed by atoms with van der Waals surface area (Å²) in [6.07, 6.45) is 1.27. The van der Waals surface area contributed by atoms with Gasteiger partial charge in [-0.25, -0.2) is 9.59 Å². The van der Waals surface area contributed by atoms with Crippen LogP contribution in [-0.2, 0) is 14.3 Å². The normalized spacial score (nSPS) is 22.9. The highest BCUT2D eigenvalue weighted by molar-refractivity contribution is 5.80. The Kier molecular flexibility index (Phi) is 4.36. The molecule has 0 aromatic carbocycles. The number of hydrogen-bond donors (Lipinski definition) is 2. The molecule has 1 amide bonds. The summed E-state index contributed by atoms with van der Waals surface area (Å²) in [5.74, 6) is -1.10. The Morgan fingerprint density at radius 1 is 1.53 bits per heavy atom. The Labute approximate surface area is 87.5 Å². The van der Waals surface area contributed by atoms with Crippen molar-refractivity contribution in [2.24, 2.45) is 0 Å². The van der Waals surface area contributed by atoms with Crippen molar-refractivity contribution in [3.63, 3.8) is 0 Å². The maximum absolute atomic E-state index is 10.9. The van der Waals surface area contributed by atoms with Gasteiger partial charge in [0.1, 0.15) is 0 Å². The molecule has 1 saturated heterocycles. The minimum atomic E-state index is -1.10. The zero-order valence-electron chi connectivity index (χ0n) is 8.56. The first-order valence-electron chi connectivity index (χ1n) is 4.84. The number of methoxy groups -OCH3 is 1. The second-order valence-electron chi connectivity index (χ2n) is 3.36. The standard InChI is InChI=1S/C9H15NO5/c1-14-9(13)10-7(8(11)12)6-4-2-3-5-15-6/h6-7H,2-5H2,1H3,(H,10,13)(H,11,12)/t6-,7-/m1/s1. The third-order valence-corrected chi connectivity index (χ3v) is 2.31. The smallest absolute Gasteiger partial charge is 0.407 e. The molecule has 6 heteroatoms. The van der Waals surface area contributed by atoms with Gasteiger partial charge in [0.15, 0.2) is 6.04 Å². The second kappa shape index (κ2) is 5.55. The van der Waals surface area contributed by atoms with Crippen LogP contribution in [0.1, 0.15) is 19.3 Å². The summed E-state index contributed by atoms with van der Waals surface area (Å²) in [6, 6.07) is -1.03. The first-order valence-corrected chi connectivity index (χ1v) is 4.84. The molecule has 86 valence electrons. The molecule has 1 heterocycles. The second-order valence-corrected chi connectivity index (χ2v) is 3.36. The molecule has 0 unspecified atom stereocenters. The van der Waals surface area contributed by atoms with Gasteiger partial charge in [0.05, 0.1) is 13.2 Å². The van der Waals surface area contributed by atoms with Gasteiger partial charge in [-0.05, 0) is 19.3 Å². The molecule has 1 fully saturated rings. The molecule has 0 aliphatic carbocycles. The largest absolute Gasteiger partial charge is 0.480 e. The predicted molar refractivity (Wildman–Crippen MR) is 50.6 cm³/mol. The van der Waals surface area contributed by atoms with Gasteiger partial charge in [-0.3, -0.25) is 0 Å². The molecule has 0 radical (unpaired) electrons. The van der Waals surface area contributed by atoms with Gasteiger partial charge >= 0.3 is 12.1 Å². The molecule has 0 aromatic rings. The summed E-state index contributed by atoms with van der Waals surface area (Å²) in [5, 5.41) is 11.2. The van der Waals surface area contributed by atoms with Crippen LogP contribution in [0.5, 0.6) is 0 Å². The first-order chi connectivity index (χ1) is 7.15. The van der Waals surface area contributed by atoms with E-state index in [4.69, 9.17) is 9.84 Å². The van der Waals surface area contributed by atoms with E-state index in [1.807, 2.05) is 0 Å². The van der Waals surface area contributed by atoms with E-state index in [1.54, 1.807) is 0 Å². The molecule has 2 atom stereocenters. The molecular weight excluding hydrogens is 202 g/mol. The third-order valence-electron chi connectivity index (χ3n) is 2.31. The number of hydrogen-bond acceptors (Lipinski definition) is 4. The number of aliphatic carboxylic acids is 1. The van der Waals surface area contributed by atoms with Gasteiger partial charge in [-0.15, -0.1) is 0 Å². The predicted octanol–water partition coefficient (Wildman–Crippen LogP) is 0.365. The fourth-order valence-corrected chi connectivity index (χ4v) is 1.53. The van der Waals surface area contributed by atoms with Crippen LogP contribution in [0.15, 0.2) is 0 Å². The van der Waals surface area contributed by atoms with Crippen LogP contribution in [0, 0.1) is 0 Å². The van der Waals surface area contributed by atoms with Crippen molar-refractivity contribution in [3.8, 4) is 0 Å². The highest BCUT2D eigenvalue weighted by Crippen LogP contribution is 2.16. The Morgan fingerprint density at radius 3 is 2.73 bits per heavy atom. The van der Waals surface area contributed by atoms with Gasteiger partial charge in [0.25, 0.3) is 0 Å². The van der Waals surface area contributed by atoms with E-state index >= 15 is 0 Å². The van der Waals surface area contributed by atoms with E-state index in [-0.39, 0.29) is 0 Å². The molecule has 2 N–H and O–H groups in total. The molecule has 0 bridgehead atoms. The number of ether oxygens (including phenoxy) is 2. The fourth-order valence-electron chi connectivity index (χ4n) is 1.53. The van der Waals surface area contributed by atoms with Crippen LogP contribution in [0.4, 0.5) is 4.79 Å². The first kappa shape index (κ1) is 11.8. The molecule has 0 saturated carbocycles. The molecular formula is C9H15NO5. The maximum atomic E-state index is 10.9. The number of nitrogens with one attached hydrogen (secondary N) is 1. The third kappa shape index (κ3) is 3.39. The van der Waals surface area contributed by atoms with Crippen molar-refractivity contribution >= 4 is 12.1 Å². The van der Waals surface area contributed by atoms with Gasteiger partial charge in [-0.2, -0.15) is 0 Å². The SMILES string of the molecule is COC(=O)N[C@@H](C(=O)O)[C@H]1CCCCO1. The number of carboxylic acids is 1. The van der Waals surface area contributed by atoms with Crippen molar-refractivity contribution < 1.29 is 24.2 Å². The van der Waals surface area contributed by atoms with Crippen LogP contribution in [-0.4, -0.2) is 43.0 Å². The van der Waals surface area contributed by atoms with Gasteiger partial charge in [-0.1, -0.05) is 0 Å². The quantitative estimate of drug-likeness (QED) is 0.713. The molecule has 0 spiro atoms. The van der Waals surface area contributed by atoms with Crippen LogP contribution < -0.4 is 5.32 Å². The Balaban J connectivity index is 2.55. The Bertz CT molecular complexity index is 237. The number of rotatable bonds is 3. The average molecular weight is 217 g/mol. The molecule has 6 nitrogen and oxygen atoms in total. The van der Waals surface area contributed by atoms with Crippen molar-refractivity contribution in [3.05, 3.63) is 0 Å². The van der Waals surface area contributed by atoms with Crippen LogP contribution >= 0.6 is 0 Å². The summed E-state index contributed by atoms with van der Waals surface area (Å²) in [6.45, 7) is 0.539. The van der Waals surface area contributed by atoms with Crippen molar-refractivity contribution in [1.82, 2.24) is 5.32 Å². The molecule has 1 rings (SSSR count). The number of alkyl carbamates (subject to hydrolysis) is 1. The van der Waals surface area contributed by atoms with Gasteiger partial charge in [0.2, 0.25) is 0 Å². The van der Waals surface area contributed by atoms with Crippen LogP contribution in [0.25, 0.3) is 0 Å². The minimum Gasteiger partial charge on any atom is -0.480 e. The highest BCUT2D eigenvalue weighted by atomic mass is 16.5. The van der Waals surface area contributed by atoms with Crippen LogP contribution in [0.2, 0.25) is 0 Å². The minimum absolute atomic E-state index is 0.463. The lowest BCUT2D eigenvalue weighted by molar-refractivity contribution is -0.144. The average Bonchev–Trinajstić information content (AvgIpc) is 2.26. The van der Waals surface area contributed by atoms with Crippen molar-refractivity contribution in [2.75, 3.05) is 13.7 Å². The van der Waals surface area contributed by atoms with E-state index in [9.17, 15) is 9.59 Å². The van der Waals surface area contributed by atoms with E-state index in [0.717, 1.165) is 12.8 Å². The lowest BCUT2D eigenvalue weighted by Crippen LogP contribution is -2.50.